The van der Waals surface area contributed by atoms with Gasteiger partial charge in [0.1, 0.15) is 17.2 Å². The molecule has 3 heterocycles. The summed E-state index contributed by atoms with van der Waals surface area (Å²) in [6.07, 6.45) is 1.46. The van der Waals surface area contributed by atoms with Gasteiger partial charge in [-0.05, 0) is 48.0 Å². The monoisotopic (exact) mass is 420 g/mol. The van der Waals surface area contributed by atoms with Gasteiger partial charge < -0.3 is 13.7 Å². The van der Waals surface area contributed by atoms with Crippen molar-refractivity contribution in [2.24, 2.45) is 0 Å². The quantitative estimate of drug-likeness (QED) is 0.362. The van der Waals surface area contributed by atoms with Crippen molar-refractivity contribution in [2.45, 2.75) is 12.6 Å². The first-order valence-electron chi connectivity index (χ1n) is 9.28. The number of amides is 1. The number of furan rings is 1. The zero-order chi connectivity index (χ0) is 21.7. The van der Waals surface area contributed by atoms with Gasteiger partial charge in [0.2, 0.25) is 5.76 Å². The number of halogens is 1. The summed E-state index contributed by atoms with van der Waals surface area (Å²) in [6, 6.07) is 11.5. The van der Waals surface area contributed by atoms with E-state index in [0.717, 1.165) is 12.1 Å². The number of nitro groups is 1. The van der Waals surface area contributed by atoms with Gasteiger partial charge in [-0.1, -0.05) is 0 Å². The fourth-order valence-electron chi connectivity index (χ4n) is 3.85. The van der Waals surface area contributed by atoms with Crippen LogP contribution in [0.5, 0.6) is 0 Å². The van der Waals surface area contributed by atoms with Crippen molar-refractivity contribution in [1.82, 2.24) is 4.90 Å². The summed E-state index contributed by atoms with van der Waals surface area (Å²) in [4.78, 5) is 38.4. The Morgan fingerprint density at radius 2 is 1.87 bits per heavy atom. The van der Waals surface area contributed by atoms with Crippen LogP contribution >= 0.6 is 0 Å². The first-order valence-corrected chi connectivity index (χ1v) is 9.28. The molecule has 1 amide bonds. The highest BCUT2D eigenvalue weighted by molar-refractivity contribution is 5.99. The van der Waals surface area contributed by atoms with E-state index in [2.05, 4.69) is 0 Å². The molecule has 1 aliphatic heterocycles. The number of rotatable bonds is 4. The number of nitro benzene ring substituents is 1. The maximum absolute atomic E-state index is 13.8. The number of carbonyl (C=O) groups is 1. The molecule has 0 saturated heterocycles. The molecule has 1 aliphatic rings. The summed E-state index contributed by atoms with van der Waals surface area (Å²) >= 11 is 0. The highest BCUT2D eigenvalue weighted by Crippen LogP contribution is 2.39. The predicted octanol–water partition coefficient (Wildman–Crippen LogP) is 4.18. The molecule has 0 N–H and O–H groups in total. The van der Waals surface area contributed by atoms with Gasteiger partial charge >= 0.3 is 0 Å². The van der Waals surface area contributed by atoms with Gasteiger partial charge in [-0.25, -0.2) is 4.39 Å². The highest BCUT2D eigenvalue weighted by atomic mass is 19.1. The van der Waals surface area contributed by atoms with Crippen LogP contribution in [0, 0.1) is 15.9 Å². The molecule has 8 nitrogen and oxygen atoms in total. The third kappa shape index (κ3) is 2.98. The fraction of sp³-hybridized carbons (Fsp3) is 0.0909. The summed E-state index contributed by atoms with van der Waals surface area (Å²) < 4.78 is 24.9. The van der Waals surface area contributed by atoms with Crippen molar-refractivity contribution in [3.63, 3.8) is 0 Å². The topological polar surface area (TPSA) is 107 Å². The van der Waals surface area contributed by atoms with Crippen LogP contribution in [-0.2, 0) is 6.54 Å². The normalized spacial score (nSPS) is 15.5. The fourth-order valence-corrected chi connectivity index (χ4v) is 3.85. The molecule has 0 saturated carbocycles. The Morgan fingerprint density at radius 3 is 2.55 bits per heavy atom. The maximum atomic E-state index is 13.8. The lowest BCUT2D eigenvalue weighted by Gasteiger charge is -2.24. The summed E-state index contributed by atoms with van der Waals surface area (Å²) in [6.45, 7) is 0.0435. The van der Waals surface area contributed by atoms with Crippen molar-refractivity contribution in [2.75, 3.05) is 0 Å². The van der Waals surface area contributed by atoms with Gasteiger partial charge in [-0.2, -0.15) is 0 Å². The molecule has 1 atom stereocenters. The highest BCUT2D eigenvalue weighted by Gasteiger charge is 2.43. The molecule has 4 aromatic rings. The van der Waals surface area contributed by atoms with Gasteiger partial charge in [0.15, 0.2) is 5.43 Å². The lowest BCUT2D eigenvalue weighted by atomic mass is 9.98. The van der Waals surface area contributed by atoms with Crippen molar-refractivity contribution in [3.8, 4) is 0 Å². The average molecular weight is 420 g/mol. The lowest BCUT2D eigenvalue weighted by Crippen LogP contribution is -2.29. The number of non-ortho nitro benzene ring substituents is 1. The molecule has 154 valence electrons. The first kappa shape index (κ1) is 18.7. The Morgan fingerprint density at radius 1 is 1.10 bits per heavy atom. The Bertz CT molecular complexity index is 1390. The minimum atomic E-state index is -0.877. The van der Waals surface area contributed by atoms with Crippen LogP contribution in [0.3, 0.4) is 0 Å². The SMILES string of the molecule is O=C1c2oc3ccc(F)cc3c(=O)c2[C@@H](c2ccc([N+](=O)[O-])cc2)N1Cc1ccco1. The molecule has 0 radical (unpaired) electrons. The predicted molar refractivity (Wildman–Crippen MR) is 106 cm³/mol. The Hall–Kier alpha value is -4.27. The molecule has 0 aliphatic carbocycles. The summed E-state index contributed by atoms with van der Waals surface area (Å²) in [5, 5.41) is 11.0. The molecule has 2 aromatic carbocycles. The van der Waals surface area contributed by atoms with E-state index in [4.69, 9.17) is 8.83 Å². The second kappa shape index (κ2) is 6.91. The van der Waals surface area contributed by atoms with Crippen LogP contribution in [0.2, 0.25) is 0 Å². The molecule has 0 unspecified atom stereocenters. The zero-order valence-corrected chi connectivity index (χ0v) is 15.8. The molecular weight excluding hydrogens is 407 g/mol. The molecule has 31 heavy (non-hydrogen) atoms. The van der Waals surface area contributed by atoms with Crippen molar-refractivity contribution < 1.29 is 22.9 Å². The summed E-state index contributed by atoms with van der Waals surface area (Å²) in [7, 11) is 0. The van der Waals surface area contributed by atoms with Crippen LogP contribution in [0.4, 0.5) is 10.1 Å². The van der Waals surface area contributed by atoms with E-state index in [1.807, 2.05) is 0 Å². The van der Waals surface area contributed by atoms with Crippen LogP contribution < -0.4 is 5.43 Å². The molecule has 9 heteroatoms. The third-order valence-electron chi connectivity index (χ3n) is 5.25. The van der Waals surface area contributed by atoms with Crippen molar-refractivity contribution in [3.05, 3.63) is 110 Å². The lowest BCUT2D eigenvalue weighted by molar-refractivity contribution is -0.384. The molecule has 0 bridgehead atoms. The minimum absolute atomic E-state index is 0.0123. The number of benzene rings is 2. The van der Waals surface area contributed by atoms with E-state index in [-0.39, 0.29) is 34.5 Å². The molecule has 0 fully saturated rings. The van der Waals surface area contributed by atoms with Crippen LogP contribution in [0.15, 0.2) is 74.5 Å². The van der Waals surface area contributed by atoms with Crippen LogP contribution in [-0.4, -0.2) is 15.7 Å². The second-order valence-electron chi connectivity index (χ2n) is 7.08. The van der Waals surface area contributed by atoms with Gasteiger partial charge in [0, 0.05) is 12.1 Å². The third-order valence-corrected chi connectivity index (χ3v) is 5.25. The molecular formula is C22H13FN2O6. The standard InChI is InChI=1S/C22H13FN2O6/c23-13-5-8-17-16(10-13)20(26)18-19(12-3-6-14(7-4-12)25(28)29)24(22(27)21(18)31-17)11-15-2-1-9-30-15/h1-10,19H,11H2/t19-/m1/s1. The van der Waals surface area contributed by atoms with Crippen LogP contribution in [0.1, 0.15) is 33.5 Å². The summed E-state index contributed by atoms with van der Waals surface area (Å²) in [5.41, 5.74) is -0.0236. The van der Waals surface area contributed by atoms with Gasteiger partial charge in [-0.15, -0.1) is 0 Å². The Balaban J connectivity index is 1.73. The van der Waals surface area contributed by atoms with E-state index in [1.165, 1.54) is 41.5 Å². The molecule has 2 aromatic heterocycles. The summed E-state index contributed by atoms with van der Waals surface area (Å²) in [5.74, 6) is -0.795. The van der Waals surface area contributed by atoms with E-state index >= 15 is 0 Å². The second-order valence-corrected chi connectivity index (χ2v) is 7.08. The number of hydrogen-bond acceptors (Lipinski definition) is 6. The van der Waals surface area contributed by atoms with E-state index in [1.54, 1.807) is 12.1 Å². The number of nitrogens with zero attached hydrogens (tertiary/aromatic N) is 2. The van der Waals surface area contributed by atoms with E-state index < -0.39 is 28.1 Å². The number of fused-ring (bicyclic) bond motifs is 2. The number of hydrogen-bond donors (Lipinski definition) is 0. The number of carbonyl (C=O) groups excluding carboxylic acids is 1. The van der Waals surface area contributed by atoms with Gasteiger partial charge in [-0.3, -0.25) is 19.7 Å². The van der Waals surface area contributed by atoms with Crippen LogP contribution in [0.25, 0.3) is 11.0 Å². The van der Waals surface area contributed by atoms with Crippen molar-refractivity contribution in [1.29, 1.82) is 0 Å². The van der Waals surface area contributed by atoms with Gasteiger partial charge in [0.25, 0.3) is 11.6 Å². The van der Waals surface area contributed by atoms with Gasteiger partial charge in [0.05, 0.1) is 34.7 Å². The largest absolute Gasteiger partial charge is 0.467 e. The first-order chi connectivity index (χ1) is 14.9. The molecule has 5 rings (SSSR count). The average Bonchev–Trinajstić information content (AvgIpc) is 3.36. The minimum Gasteiger partial charge on any atom is -0.467 e. The zero-order valence-electron chi connectivity index (χ0n) is 15.8. The molecule has 0 spiro atoms. The van der Waals surface area contributed by atoms with Crippen molar-refractivity contribution >= 4 is 22.6 Å². The Labute approximate surface area is 173 Å². The Kier molecular flexibility index (Phi) is 4.18. The van der Waals surface area contributed by atoms with E-state index in [0.29, 0.717) is 11.3 Å². The van der Waals surface area contributed by atoms with E-state index in [9.17, 15) is 24.1 Å². The maximum Gasteiger partial charge on any atom is 0.291 e. The smallest absolute Gasteiger partial charge is 0.291 e.